The Hall–Kier alpha value is -2.49. The first-order valence-electron chi connectivity index (χ1n) is 6.66. The molecular formula is C14H14F3N5OS. The topological polar surface area (TPSA) is 70.2 Å². The summed E-state index contributed by atoms with van der Waals surface area (Å²) in [5.74, 6) is 0.499. The zero-order valence-corrected chi connectivity index (χ0v) is 13.6. The normalized spacial score (nSPS) is 11.0. The smallest absolute Gasteiger partial charge is 0.347 e. The molecule has 0 radical (unpaired) electrons. The number of carbonyl (C=O) groups is 1. The summed E-state index contributed by atoms with van der Waals surface area (Å²) >= 11 is -0.214. The lowest BCUT2D eigenvalue weighted by molar-refractivity contribution is -0.0328. The van der Waals surface area contributed by atoms with E-state index in [-0.39, 0.29) is 16.7 Å². The molecule has 0 spiro atoms. The SMILES string of the molecule is CN(C)c1ncc(NC(=O)Nc2ccc(SC(F)(F)F)cc2)cn1. The van der Waals surface area contributed by atoms with Crippen LogP contribution in [0.1, 0.15) is 0 Å². The number of nitrogens with zero attached hydrogens (tertiary/aromatic N) is 3. The first kappa shape index (κ1) is 17.9. The van der Waals surface area contributed by atoms with E-state index >= 15 is 0 Å². The minimum absolute atomic E-state index is 0.0427. The van der Waals surface area contributed by atoms with Crippen LogP contribution in [-0.4, -0.2) is 35.6 Å². The quantitative estimate of drug-likeness (QED) is 0.815. The molecule has 24 heavy (non-hydrogen) atoms. The highest BCUT2D eigenvalue weighted by Crippen LogP contribution is 2.37. The molecule has 0 saturated heterocycles. The number of hydrogen-bond acceptors (Lipinski definition) is 5. The van der Waals surface area contributed by atoms with E-state index in [9.17, 15) is 18.0 Å². The summed E-state index contributed by atoms with van der Waals surface area (Å²) in [6.45, 7) is 0. The fourth-order valence-corrected chi connectivity index (χ4v) is 2.19. The highest BCUT2D eigenvalue weighted by Gasteiger charge is 2.29. The van der Waals surface area contributed by atoms with E-state index in [1.807, 2.05) is 0 Å². The minimum atomic E-state index is -4.34. The largest absolute Gasteiger partial charge is 0.446 e. The number of aromatic nitrogens is 2. The van der Waals surface area contributed by atoms with Gasteiger partial charge in [0.2, 0.25) is 5.95 Å². The van der Waals surface area contributed by atoms with Gasteiger partial charge in [-0.05, 0) is 36.0 Å². The summed E-state index contributed by atoms with van der Waals surface area (Å²) < 4.78 is 36.7. The van der Waals surface area contributed by atoms with Crippen molar-refractivity contribution in [2.24, 2.45) is 0 Å². The fraction of sp³-hybridized carbons (Fsp3) is 0.214. The molecule has 1 heterocycles. The standard InChI is InChI=1S/C14H14F3N5OS/c1-22(2)12-18-7-10(8-19-12)21-13(23)20-9-3-5-11(6-4-9)24-14(15,16)17/h3-8H,1-2H3,(H2,20,21,23). The van der Waals surface area contributed by atoms with Gasteiger partial charge < -0.3 is 15.5 Å². The molecule has 6 nitrogen and oxygen atoms in total. The molecule has 2 aromatic rings. The number of carbonyl (C=O) groups excluding carboxylic acids is 1. The molecule has 0 saturated carbocycles. The van der Waals surface area contributed by atoms with Crippen LogP contribution in [0.25, 0.3) is 0 Å². The Morgan fingerprint density at radius 1 is 1.04 bits per heavy atom. The molecule has 0 aliphatic carbocycles. The molecule has 1 aromatic carbocycles. The molecule has 0 bridgehead atoms. The van der Waals surface area contributed by atoms with Crippen LogP contribution in [0.5, 0.6) is 0 Å². The molecule has 0 atom stereocenters. The van der Waals surface area contributed by atoms with Crippen LogP contribution < -0.4 is 15.5 Å². The number of alkyl halides is 3. The number of anilines is 3. The molecule has 2 amide bonds. The Balaban J connectivity index is 1.92. The summed E-state index contributed by atoms with van der Waals surface area (Å²) in [5, 5.41) is 5.04. The first-order chi connectivity index (χ1) is 11.2. The average Bonchev–Trinajstić information content (AvgIpc) is 2.48. The highest BCUT2D eigenvalue weighted by atomic mass is 32.2. The number of rotatable bonds is 4. The Morgan fingerprint density at radius 3 is 2.08 bits per heavy atom. The van der Waals surface area contributed by atoms with Gasteiger partial charge >= 0.3 is 11.5 Å². The van der Waals surface area contributed by atoms with E-state index < -0.39 is 11.5 Å². The van der Waals surface area contributed by atoms with Gasteiger partial charge in [0.05, 0.1) is 18.1 Å². The van der Waals surface area contributed by atoms with Crippen molar-refractivity contribution in [2.75, 3.05) is 29.6 Å². The molecule has 0 aliphatic heterocycles. The third-order valence-electron chi connectivity index (χ3n) is 2.64. The van der Waals surface area contributed by atoms with Crippen molar-refractivity contribution >= 4 is 35.1 Å². The first-order valence-corrected chi connectivity index (χ1v) is 7.48. The fourth-order valence-electron chi connectivity index (χ4n) is 1.65. The summed E-state index contributed by atoms with van der Waals surface area (Å²) in [5.41, 5.74) is -3.59. The Bertz CT molecular complexity index is 689. The van der Waals surface area contributed by atoms with Crippen LogP contribution in [0.4, 0.5) is 35.3 Å². The van der Waals surface area contributed by atoms with Crippen LogP contribution in [0.15, 0.2) is 41.6 Å². The van der Waals surface area contributed by atoms with Crippen molar-refractivity contribution in [3.8, 4) is 0 Å². The Labute approximate surface area is 140 Å². The molecule has 10 heteroatoms. The lowest BCUT2D eigenvalue weighted by Crippen LogP contribution is -2.20. The van der Waals surface area contributed by atoms with Crippen molar-refractivity contribution in [3.05, 3.63) is 36.7 Å². The molecular weight excluding hydrogens is 343 g/mol. The third-order valence-corrected chi connectivity index (χ3v) is 3.38. The number of amides is 2. The number of thioether (sulfide) groups is 1. The summed E-state index contributed by atoms with van der Waals surface area (Å²) in [4.78, 5) is 21.7. The number of hydrogen-bond donors (Lipinski definition) is 2. The predicted molar refractivity (Wildman–Crippen MR) is 87.4 cm³/mol. The van der Waals surface area contributed by atoms with E-state index in [0.717, 1.165) is 0 Å². The molecule has 128 valence electrons. The van der Waals surface area contributed by atoms with E-state index in [1.165, 1.54) is 36.7 Å². The second-order valence-corrected chi connectivity index (χ2v) is 5.96. The number of urea groups is 1. The molecule has 0 unspecified atom stereocenters. The lowest BCUT2D eigenvalue weighted by Gasteiger charge is -2.11. The average molecular weight is 357 g/mol. The van der Waals surface area contributed by atoms with Crippen LogP contribution in [0.2, 0.25) is 0 Å². The Kier molecular flexibility index (Phi) is 5.50. The molecule has 2 rings (SSSR count). The molecule has 2 N–H and O–H groups in total. The van der Waals surface area contributed by atoms with Crippen LogP contribution in [0, 0.1) is 0 Å². The van der Waals surface area contributed by atoms with Crippen molar-refractivity contribution in [2.45, 2.75) is 10.4 Å². The summed E-state index contributed by atoms with van der Waals surface area (Å²) in [7, 11) is 3.58. The van der Waals surface area contributed by atoms with Gasteiger partial charge in [0.1, 0.15) is 0 Å². The molecule has 0 aliphatic rings. The summed E-state index contributed by atoms with van der Waals surface area (Å²) in [6, 6.07) is 4.79. The predicted octanol–water partition coefficient (Wildman–Crippen LogP) is 3.80. The van der Waals surface area contributed by atoms with Gasteiger partial charge in [-0.3, -0.25) is 0 Å². The molecule has 1 aromatic heterocycles. The van der Waals surface area contributed by atoms with Crippen molar-refractivity contribution in [1.82, 2.24) is 9.97 Å². The van der Waals surface area contributed by atoms with Crippen LogP contribution >= 0.6 is 11.8 Å². The molecule has 0 fully saturated rings. The second kappa shape index (κ2) is 7.39. The number of halogens is 3. The van der Waals surface area contributed by atoms with Crippen LogP contribution in [0.3, 0.4) is 0 Å². The second-order valence-electron chi connectivity index (χ2n) is 4.82. The number of nitrogens with one attached hydrogen (secondary N) is 2. The van der Waals surface area contributed by atoms with Gasteiger partial charge in [-0.15, -0.1) is 0 Å². The van der Waals surface area contributed by atoms with Gasteiger partial charge in [-0.25, -0.2) is 14.8 Å². The zero-order chi connectivity index (χ0) is 17.7. The van der Waals surface area contributed by atoms with Gasteiger partial charge in [-0.2, -0.15) is 13.2 Å². The van der Waals surface area contributed by atoms with E-state index in [1.54, 1.807) is 19.0 Å². The zero-order valence-electron chi connectivity index (χ0n) is 12.8. The van der Waals surface area contributed by atoms with Gasteiger partial charge in [0.25, 0.3) is 0 Å². The van der Waals surface area contributed by atoms with E-state index in [2.05, 4.69) is 20.6 Å². The third kappa shape index (κ3) is 5.61. The minimum Gasteiger partial charge on any atom is -0.347 e. The van der Waals surface area contributed by atoms with E-state index in [0.29, 0.717) is 17.3 Å². The van der Waals surface area contributed by atoms with Crippen molar-refractivity contribution in [1.29, 1.82) is 0 Å². The summed E-state index contributed by atoms with van der Waals surface area (Å²) in [6.07, 6.45) is 2.90. The monoisotopic (exact) mass is 357 g/mol. The van der Waals surface area contributed by atoms with Crippen LogP contribution in [-0.2, 0) is 0 Å². The Morgan fingerprint density at radius 2 is 1.58 bits per heavy atom. The maximum Gasteiger partial charge on any atom is 0.446 e. The maximum absolute atomic E-state index is 12.2. The van der Waals surface area contributed by atoms with Gasteiger partial charge in [0.15, 0.2) is 0 Å². The van der Waals surface area contributed by atoms with Crippen molar-refractivity contribution in [3.63, 3.8) is 0 Å². The van der Waals surface area contributed by atoms with E-state index in [4.69, 9.17) is 0 Å². The number of benzene rings is 1. The lowest BCUT2D eigenvalue weighted by atomic mass is 10.3. The van der Waals surface area contributed by atoms with Crippen molar-refractivity contribution < 1.29 is 18.0 Å². The van der Waals surface area contributed by atoms with Gasteiger partial charge in [0, 0.05) is 24.7 Å². The maximum atomic E-state index is 12.2. The van der Waals surface area contributed by atoms with Gasteiger partial charge in [-0.1, -0.05) is 0 Å². The highest BCUT2D eigenvalue weighted by molar-refractivity contribution is 8.00.